The van der Waals surface area contributed by atoms with Gasteiger partial charge >= 0.3 is 0 Å². The molecule has 3 aromatic rings. The average molecular weight is 475 g/mol. The first-order valence-electron chi connectivity index (χ1n) is 13.5. The van der Waals surface area contributed by atoms with Gasteiger partial charge in [0, 0.05) is 49.4 Å². The number of rotatable bonds is 9. The summed E-state index contributed by atoms with van der Waals surface area (Å²) in [6.07, 6.45) is 10.4. The van der Waals surface area contributed by atoms with Crippen LogP contribution in [0.3, 0.4) is 0 Å². The Hall–Kier alpha value is -2.50. The van der Waals surface area contributed by atoms with Crippen molar-refractivity contribution in [2.45, 2.75) is 51.0 Å². The van der Waals surface area contributed by atoms with Gasteiger partial charge in [-0.15, -0.1) is 0 Å². The molecule has 1 aliphatic carbocycles. The van der Waals surface area contributed by atoms with Crippen molar-refractivity contribution in [1.82, 2.24) is 9.88 Å². The van der Waals surface area contributed by atoms with E-state index in [0.717, 1.165) is 75.5 Å². The first kappa shape index (κ1) is 22.9. The van der Waals surface area contributed by atoms with E-state index in [4.69, 9.17) is 14.2 Å². The van der Waals surface area contributed by atoms with Crippen molar-refractivity contribution in [3.05, 3.63) is 59.3 Å². The molecule has 1 aromatic heterocycles. The molecule has 6 rings (SSSR count). The van der Waals surface area contributed by atoms with Crippen LogP contribution in [0.4, 0.5) is 0 Å². The van der Waals surface area contributed by atoms with Crippen molar-refractivity contribution in [1.29, 1.82) is 0 Å². The van der Waals surface area contributed by atoms with E-state index < -0.39 is 0 Å². The summed E-state index contributed by atoms with van der Waals surface area (Å²) >= 11 is 0. The Labute approximate surface area is 208 Å². The minimum Gasteiger partial charge on any atom is -0.493 e. The fourth-order valence-corrected chi connectivity index (χ4v) is 5.97. The molecule has 1 saturated heterocycles. The molecule has 2 aromatic carbocycles. The van der Waals surface area contributed by atoms with Crippen LogP contribution in [-0.2, 0) is 17.6 Å². The number of hydrogen-bond acceptors (Lipinski definition) is 4. The van der Waals surface area contributed by atoms with E-state index >= 15 is 0 Å². The van der Waals surface area contributed by atoms with E-state index in [1.54, 1.807) is 7.11 Å². The molecule has 2 aliphatic heterocycles. The van der Waals surface area contributed by atoms with Crippen molar-refractivity contribution in [2.75, 3.05) is 40.0 Å². The van der Waals surface area contributed by atoms with Gasteiger partial charge in [-0.25, -0.2) is 0 Å². The molecule has 1 unspecified atom stereocenters. The predicted molar refractivity (Wildman–Crippen MR) is 139 cm³/mol. The van der Waals surface area contributed by atoms with Crippen molar-refractivity contribution in [2.24, 2.45) is 11.8 Å². The molecule has 1 N–H and O–H groups in total. The number of para-hydroxylation sites is 1. The van der Waals surface area contributed by atoms with Gasteiger partial charge < -0.3 is 19.2 Å². The summed E-state index contributed by atoms with van der Waals surface area (Å²) in [5.41, 5.74) is 5.50. The summed E-state index contributed by atoms with van der Waals surface area (Å²) in [4.78, 5) is 6.21. The second-order valence-electron chi connectivity index (χ2n) is 10.7. The second-order valence-corrected chi connectivity index (χ2v) is 10.7. The van der Waals surface area contributed by atoms with Crippen molar-refractivity contribution >= 4 is 10.9 Å². The standard InChI is InChI=1S/C30H38N2O3/c1-33-29-17-26-23(16-30(29)35-20-22-6-7-22)10-13-32(19-21-11-14-34-15-12-21)28(26)9-8-24-18-31-27-5-3-2-4-25(24)27/h2-5,16-18,21-22,28,31H,6-15,19-20H2,1H3. The maximum absolute atomic E-state index is 6.21. The van der Waals surface area contributed by atoms with Gasteiger partial charge in [-0.2, -0.15) is 0 Å². The number of ether oxygens (including phenoxy) is 3. The number of nitrogens with one attached hydrogen (secondary N) is 1. The molecular weight excluding hydrogens is 436 g/mol. The number of fused-ring (bicyclic) bond motifs is 2. The van der Waals surface area contributed by atoms with Crippen molar-refractivity contribution in [3.63, 3.8) is 0 Å². The summed E-state index contributed by atoms with van der Waals surface area (Å²) in [6, 6.07) is 13.6. The number of nitrogens with zero attached hydrogens (tertiary/aromatic N) is 1. The summed E-state index contributed by atoms with van der Waals surface area (Å²) in [6.45, 7) is 4.89. The number of benzene rings is 2. The van der Waals surface area contributed by atoms with Gasteiger partial charge in [0.15, 0.2) is 11.5 Å². The van der Waals surface area contributed by atoms with Crippen LogP contribution in [0.1, 0.15) is 54.8 Å². The molecule has 0 radical (unpaired) electrons. The minimum atomic E-state index is 0.390. The van der Waals surface area contributed by atoms with Crippen LogP contribution in [0.25, 0.3) is 10.9 Å². The van der Waals surface area contributed by atoms with Crippen molar-refractivity contribution < 1.29 is 14.2 Å². The number of aryl methyl sites for hydroxylation is 1. The van der Waals surface area contributed by atoms with Crippen LogP contribution >= 0.6 is 0 Å². The van der Waals surface area contributed by atoms with Crippen molar-refractivity contribution in [3.8, 4) is 11.5 Å². The Bertz CT molecular complexity index is 1150. The highest BCUT2D eigenvalue weighted by atomic mass is 16.5. The van der Waals surface area contributed by atoms with Gasteiger partial charge in [0.1, 0.15) is 0 Å². The van der Waals surface area contributed by atoms with Crippen LogP contribution in [0.15, 0.2) is 42.6 Å². The molecule has 5 heteroatoms. The molecule has 0 amide bonds. The number of aromatic nitrogens is 1. The van der Waals surface area contributed by atoms with Gasteiger partial charge in [-0.1, -0.05) is 18.2 Å². The van der Waals surface area contributed by atoms with Gasteiger partial charge in [0.05, 0.1) is 13.7 Å². The largest absolute Gasteiger partial charge is 0.493 e. The fraction of sp³-hybridized carbons (Fsp3) is 0.533. The second kappa shape index (κ2) is 10.2. The Morgan fingerprint density at radius 3 is 2.71 bits per heavy atom. The summed E-state index contributed by atoms with van der Waals surface area (Å²) < 4.78 is 17.7. The highest BCUT2D eigenvalue weighted by molar-refractivity contribution is 5.83. The maximum Gasteiger partial charge on any atom is 0.161 e. The van der Waals surface area contributed by atoms with E-state index in [-0.39, 0.29) is 0 Å². The van der Waals surface area contributed by atoms with E-state index in [0.29, 0.717) is 6.04 Å². The topological polar surface area (TPSA) is 46.7 Å². The Morgan fingerprint density at radius 2 is 1.89 bits per heavy atom. The lowest BCUT2D eigenvalue weighted by molar-refractivity contribution is 0.0423. The zero-order valence-electron chi connectivity index (χ0n) is 20.9. The zero-order chi connectivity index (χ0) is 23.6. The van der Waals surface area contributed by atoms with Gasteiger partial charge in [0.2, 0.25) is 0 Å². The Balaban J connectivity index is 1.27. The van der Waals surface area contributed by atoms with Crippen LogP contribution in [0.5, 0.6) is 11.5 Å². The average Bonchev–Trinajstić information content (AvgIpc) is 3.65. The third kappa shape index (κ3) is 5.07. The Kier molecular flexibility index (Phi) is 6.71. The first-order valence-corrected chi connectivity index (χ1v) is 13.5. The number of H-pyrrole nitrogens is 1. The molecular formula is C30H38N2O3. The highest BCUT2D eigenvalue weighted by Gasteiger charge is 2.31. The lowest BCUT2D eigenvalue weighted by Crippen LogP contribution is -2.40. The molecule has 3 heterocycles. The Morgan fingerprint density at radius 1 is 1.03 bits per heavy atom. The molecule has 186 valence electrons. The van der Waals surface area contributed by atoms with Crippen LogP contribution in [0, 0.1) is 11.8 Å². The summed E-state index contributed by atoms with van der Waals surface area (Å²) in [5, 5.41) is 1.35. The first-order chi connectivity index (χ1) is 17.3. The molecule has 0 bridgehead atoms. The predicted octanol–water partition coefficient (Wildman–Crippen LogP) is 5.92. The summed E-state index contributed by atoms with van der Waals surface area (Å²) in [7, 11) is 1.77. The normalized spacial score (nSPS) is 21.2. The van der Waals surface area contributed by atoms with Gasteiger partial charge in [-0.05, 0) is 91.7 Å². The lowest BCUT2D eigenvalue weighted by Gasteiger charge is -2.40. The number of methoxy groups -OCH3 is 1. The third-order valence-corrected chi connectivity index (χ3v) is 8.26. The smallest absolute Gasteiger partial charge is 0.161 e. The molecule has 2 fully saturated rings. The highest BCUT2D eigenvalue weighted by Crippen LogP contribution is 2.42. The quantitative estimate of drug-likeness (QED) is 0.418. The monoisotopic (exact) mass is 474 g/mol. The fourth-order valence-electron chi connectivity index (χ4n) is 5.97. The van der Waals surface area contributed by atoms with Crippen LogP contribution < -0.4 is 9.47 Å². The lowest BCUT2D eigenvalue weighted by atomic mass is 9.87. The maximum atomic E-state index is 6.21. The number of hydrogen-bond donors (Lipinski definition) is 1. The molecule has 3 aliphatic rings. The van der Waals surface area contributed by atoms with Crippen LogP contribution in [0.2, 0.25) is 0 Å². The SMILES string of the molecule is COc1cc2c(cc1OCC1CC1)CCN(CC1CCOCC1)C2CCc1c[nH]c2ccccc12. The third-order valence-electron chi connectivity index (χ3n) is 8.26. The molecule has 35 heavy (non-hydrogen) atoms. The van der Waals surface area contributed by atoms with E-state index in [1.165, 1.54) is 53.3 Å². The molecule has 1 atom stereocenters. The van der Waals surface area contributed by atoms with Crippen LogP contribution in [-0.4, -0.2) is 49.9 Å². The molecule has 1 saturated carbocycles. The van der Waals surface area contributed by atoms with Gasteiger partial charge in [0.25, 0.3) is 0 Å². The van der Waals surface area contributed by atoms with Gasteiger partial charge in [-0.3, -0.25) is 4.90 Å². The molecule has 0 spiro atoms. The minimum absolute atomic E-state index is 0.390. The van der Waals surface area contributed by atoms with E-state index in [1.807, 2.05) is 0 Å². The zero-order valence-corrected chi connectivity index (χ0v) is 20.9. The number of aromatic amines is 1. The van der Waals surface area contributed by atoms with E-state index in [9.17, 15) is 0 Å². The van der Waals surface area contributed by atoms with E-state index in [2.05, 4.69) is 52.5 Å². The summed E-state index contributed by atoms with van der Waals surface area (Å²) in [5.74, 6) is 3.26. The molecule has 5 nitrogen and oxygen atoms in total.